The van der Waals surface area contributed by atoms with Crippen molar-refractivity contribution >= 4 is 18.1 Å². The van der Waals surface area contributed by atoms with Gasteiger partial charge in [-0.15, -0.1) is 0 Å². The lowest BCUT2D eigenvalue weighted by Crippen LogP contribution is -2.38. The number of hydrogen-bond donors (Lipinski definition) is 0. The summed E-state index contributed by atoms with van der Waals surface area (Å²) < 4.78 is 16.1. The Balaban J connectivity index is 1.95. The van der Waals surface area contributed by atoms with E-state index in [1.54, 1.807) is 14.2 Å². The van der Waals surface area contributed by atoms with Crippen LogP contribution in [0.5, 0.6) is 17.2 Å². The molecule has 0 aliphatic rings. The minimum Gasteiger partial charge on any atom is -0.497 e. The molecule has 0 bridgehead atoms. The fourth-order valence-corrected chi connectivity index (χ4v) is 3.28. The number of hydrogen-bond acceptors (Lipinski definition) is 5. The van der Waals surface area contributed by atoms with E-state index in [2.05, 4.69) is 32.6 Å². The lowest BCUT2D eigenvalue weighted by molar-refractivity contribution is -0.134. The van der Waals surface area contributed by atoms with Gasteiger partial charge in [-0.2, -0.15) is 0 Å². The van der Waals surface area contributed by atoms with Crippen LogP contribution < -0.4 is 14.2 Å². The first-order valence-corrected chi connectivity index (χ1v) is 10.3. The Morgan fingerprint density at radius 1 is 0.833 bits per heavy atom. The summed E-state index contributed by atoms with van der Waals surface area (Å²) in [7, 11) is 3.26. The fraction of sp³-hybridized carbons (Fsp3) is 0.400. The van der Waals surface area contributed by atoms with Crippen molar-refractivity contribution in [3.8, 4) is 17.2 Å². The molecule has 0 aliphatic carbocycles. The highest BCUT2D eigenvalue weighted by molar-refractivity contribution is 5.74. The van der Waals surface area contributed by atoms with Gasteiger partial charge in [0.1, 0.15) is 17.2 Å². The van der Waals surface area contributed by atoms with E-state index >= 15 is 0 Å². The highest BCUT2D eigenvalue weighted by Gasteiger charge is 2.15. The van der Waals surface area contributed by atoms with Gasteiger partial charge in [0.2, 0.25) is 0 Å². The van der Waals surface area contributed by atoms with Gasteiger partial charge in [-0.1, -0.05) is 24.3 Å². The number of esters is 1. The van der Waals surface area contributed by atoms with Gasteiger partial charge in [-0.3, -0.25) is 9.69 Å². The molecule has 162 valence electrons. The molecular formula is C25H33NO4. The average Bonchev–Trinajstić information content (AvgIpc) is 2.72. The average molecular weight is 412 g/mol. The Morgan fingerprint density at radius 3 is 1.87 bits per heavy atom. The van der Waals surface area contributed by atoms with Crippen LogP contribution in [0.2, 0.25) is 0 Å². The number of benzene rings is 2. The monoisotopic (exact) mass is 411 g/mol. The molecule has 0 amide bonds. The van der Waals surface area contributed by atoms with Crippen molar-refractivity contribution in [3.05, 3.63) is 53.6 Å². The van der Waals surface area contributed by atoms with Crippen LogP contribution in [0, 0.1) is 0 Å². The molecule has 2 aromatic carbocycles. The van der Waals surface area contributed by atoms with Gasteiger partial charge in [0.15, 0.2) is 0 Å². The maximum Gasteiger partial charge on any atom is 0.312 e. The summed E-state index contributed by atoms with van der Waals surface area (Å²) in [6, 6.07) is 14.0. The summed E-state index contributed by atoms with van der Waals surface area (Å²) in [5.74, 6) is 1.82. The van der Waals surface area contributed by atoms with E-state index in [-0.39, 0.29) is 5.97 Å². The minimum absolute atomic E-state index is 0.215. The number of rotatable bonds is 10. The van der Waals surface area contributed by atoms with Gasteiger partial charge in [-0.05, 0) is 63.1 Å². The number of nitrogens with zero attached hydrogens (tertiary/aromatic N) is 1. The van der Waals surface area contributed by atoms with Gasteiger partial charge in [0.25, 0.3) is 0 Å². The largest absolute Gasteiger partial charge is 0.497 e. The maximum atomic E-state index is 12.2. The number of carbonyl (C=O) groups excluding carboxylic acids is 1. The van der Waals surface area contributed by atoms with Gasteiger partial charge in [-0.25, -0.2) is 0 Å². The van der Waals surface area contributed by atoms with Crippen molar-refractivity contribution in [1.29, 1.82) is 0 Å². The normalized spacial score (nSPS) is 11.5. The number of carbonyl (C=O) groups is 1. The Kier molecular flexibility index (Phi) is 8.93. The lowest BCUT2D eigenvalue weighted by atomic mass is 10.1. The van der Waals surface area contributed by atoms with Gasteiger partial charge in [0.05, 0.1) is 20.6 Å². The molecule has 30 heavy (non-hydrogen) atoms. The summed E-state index contributed by atoms with van der Waals surface area (Å²) in [5.41, 5.74) is 1.98. The second kappa shape index (κ2) is 11.4. The molecule has 5 heteroatoms. The van der Waals surface area contributed by atoms with Crippen LogP contribution in [-0.2, 0) is 4.79 Å². The van der Waals surface area contributed by atoms with Crippen LogP contribution in [0.1, 0.15) is 45.2 Å². The fourth-order valence-electron chi connectivity index (χ4n) is 3.28. The maximum absolute atomic E-state index is 12.2. The van der Waals surface area contributed by atoms with E-state index < -0.39 is 0 Å². The van der Waals surface area contributed by atoms with E-state index in [1.807, 2.05) is 54.6 Å². The van der Waals surface area contributed by atoms with E-state index in [0.29, 0.717) is 30.8 Å². The standard InChI is InChI=1S/C25H33NO4/c1-18(2)26(19(3)4)14-13-25(27)30-22-11-9-20(10-12-22)7-8-21-15-23(28-5)17-24(16-21)29-6/h7-12,15-19H,13-14H2,1-6H3. The first-order valence-electron chi connectivity index (χ1n) is 10.3. The molecule has 0 saturated carbocycles. The van der Waals surface area contributed by atoms with Crippen LogP contribution in [0.4, 0.5) is 0 Å². The molecule has 2 aromatic rings. The quantitative estimate of drug-likeness (QED) is 0.302. The molecule has 0 fully saturated rings. The Hall–Kier alpha value is -2.79. The summed E-state index contributed by atoms with van der Waals surface area (Å²) in [6.45, 7) is 9.25. The highest BCUT2D eigenvalue weighted by Crippen LogP contribution is 2.24. The zero-order valence-electron chi connectivity index (χ0n) is 18.8. The van der Waals surface area contributed by atoms with Crippen LogP contribution >= 0.6 is 0 Å². The second-order valence-electron chi connectivity index (χ2n) is 7.70. The third kappa shape index (κ3) is 7.23. The SMILES string of the molecule is COc1cc(C=Cc2ccc(OC(=O)CCN(C(C)C)C(C)C)cc2)cc(OC)c1. The van der Waals surface area contributed by atoms with Crippen LogP contribution in [-0.4, -0.2) is 43.7 Å². The zero-order chi connectivity index (χ0) is 22.1. The van der Waals surface area contributed by atoms with Crippen molar-refractivity contribution in [2.24, 2.45) is 0 Å². The van der Waals surface area contributed by atoms with Crippen LogP contribution in [0.15, 0.2) is 42.5 Å². The Bertz CT molecular complexity index is 810. The molecule has 0 radical (unpaired) electrons. The zero-order valence-corrected chi connectivity index (χ0v) is 18.8. The predicted molar refractivity (Wildman–Crippen MR) is 122 cm³/mol. The topological polar surface area (TPSA) is 48.0 Å². The molecule has 5 nitrogen and oxygen atoms in total. The molecule has 0 aliphatic heterocycles. The third-order valence-electron chi connectivity index (χ3n) is 4.85. The van der Waals surface area contributed by atoms with Crippen molar-refractivity contribution in [2.75, 3.05) is 20.8 Å². The van der Waals surface area contributed by atoms with Gasteiger partial charge in [0, 0.05) is 24.7 Å². The van der Waals surface area contributed by atoms with Crippen molar-refractivity contribution in [1.82, 2.24) is 4.90 Å². The van der Waals surface area contributed by atoms with Crippen molar-refractivity contribution in [3.63, 3.8) is 0 Å². The van der Waals surface area contributed by atoms with Gasteiger partial charge < -0.3 is 14.2 Å². The molecule has 0 saturated heterocycles. The Labute approximate surface area is 180 Å². The molecule has 0 spiro atoms. The van der Waals surface area contributed by atoms with E-state index in [9.17, 15) is 4.79 Å². The van der Waals surface area contributed by atoms with Crippen molar-refractivity contribution in [2.45, 2.75) is 46.2 Å². The summed E-state index contributed by atoms with van der Waals surface area (Å²) in [5, 5.41) is 0. The molecule has 0 N–H and O–H groups in total. The van der Waals surface area contributed by atoms with Gasteiger partial charge >= 0.3 is 5.97 Å². The summed E-state index contributed by atoms with van der Waals surface area (Å²) >= 11 is 0. The summed E-state index contributed by atoms with van der Waals surface area (Å²) in [4.78, 5) is 14.5. The minimum atomic E-state index is -0.215. The highest BCUT2D eigenvalue weighted by atomic mass is 16.5. The van der Waals surface area contributed by atoms with E-state index in [1.165, 1.54) is 0 Å². The summed E-state index contributed by atoms with van der Waals surface area (Å²) in [6.07, 6.45) is 4.34. The molecular weight excluding hydrogens is 378 g/mol. The molecule has 0 aromatic heterocycles. The van der Waals surface area contributed by atoms with Crippen LogP contribution in [0.25, 0.3) is 12.2 Å². The lowest BCUT2D eigenvalue weighted by Gasteiger charge is -2.29. The van der Waals surface area contributed by atoms with E-state index in [4.69, 9.17) is 14.2 Å². The second-order valence-corrected chi connectivity index (χ2v) is 7.70. The van der Waals surface area contributed by atoms with E-state index in [0.717, 1.165) is 22.6 Å². The first kappa shape index (κ1) is 23.5. The molecule has 0 atom stereocenters. The van der Waals surface area contributed by atoms with Crippen molar-refractivity contribution < 1.29 is 19.0 Å². The predicted octanol–water partition coefficient (Wildman–Crippen LogP) is 5.29. The Morgan fingerprint density at radius 2 is 1.37 bits per heavy atom. The van der Waals surface area contributed by atoms with Crippen LogP contribution in [0.3, 0.4) is 0 Å². The molecule has 0 heterocycles. The number of methoxy groups -OCH3 is 2. The molecule has 2 rings (SSSR count). The first-order chi connectivity index (χ1) is 14.3. The smallest absolute Gasteiger partial charge is 0.312 e. The number of ether oxygens (including phenoxy) is 3. The third-order valence-corrected chi connectivity index (χ3v) is 4.85. The molecule has 0 unspecified atom stereocenters.